The van der Waals surface area contributed by atoms with Gasteiger partial charge in [-0.15, -0.1) is 0 Å². The SMILES string of the molecule is COc1cc(/C=N\NC(=O)CN2C[C@@H](c3ccccc3)CC2=O)ccc1OC(C)=O. The van der Waals surface area contributed by atoms with Gasteiger partial charge in [-0.3, -0.25) is 14.4 Å². The van der Waals surface area contributed by atoms with Gasteiger partial charge in [-0.1, -0.05) is 30.3 Å². The Kier molecular flexibility index (Phi) is 6.79. The van der Waals surface area contributed by atoms with Crippen LogP contribution in [0.15, 0.2) is 53.6 Å². The van der Waals surface area contributed by atoms with E-state index in [1.807, 2.05) is 30.3 Å². The summed E-state index contributed by atoms with van der Waals surface area (Å²) in [4.78, 5) is 37.0. The third-order valence-corrected chi connectivity index (χ3v) is 4.66. The molecule has 0 aliphatic carbocycles. The molecule has 8 nitrogen and oxygen atoms in total. The number of carbonyl (C=O) groups is 3. The minimum Gasteiger partial charge on any atom is -0.493 e. The van der Waals surface area contributed by atoms with Gasteiger partial charge in [0.1, 0.15) is 6.54 Å². The van der Waals surface area contributed by atoms with Crippen LogP contribution in [0.3, 0.4) is 0 Å². The molecule has 1 saturated heterocycles. The molecule has 1 aliphatic rings. The second kappa shape index (κ2) is 9.69. The number of carbonyl (C=O) groups excluding carboxylic acids is 3. The number of esters is 1. The number of nitrogens with one attached hydrogen (secondary N) is 1. The van der Waals surface area contributed by atoms with Crippen molar-refractivity contribution in [3.8, 4) is 11.5 Å². The molecule has 2 aromatic rings. The summed E-state index contributed by atoms with van der Waals surface area (Å²) >= 11 is 0. The first-order valence-electron chi connectivity index (χ1n) is 9.47. The molecule has 0 saturated carbocycles. The Morgan fingerprint density at radius 2 is 1.97 bits per heavy atom. The molecule has 1 N–H and O–H groups in total. The van der Waals surface area contributed by atoms with Gasteiger partial charge >= 0.3 is 5.97 Å². The van der Waals surface area contributed by atoms with Gasteiger partial charge in [0.15, 0.2) is 11.5 Å². The topological polar surface area (TPSA) is 97.3 Å². The number of ether oxygens (including phenoxy) is 2. The summed E-state index contributed by atoms with van der Waals surface area (Å²) in [5.74, 6) is -0.112. The van der Waals surface area contributed by atoms with E-state index in [-0.39, 0.29) is 24.3 Å². The summed E-state index contributed by atoms with van der Waals surface area (Å²) in [6.07, 6.45) is 1.84. The third-order valence-electron chi connectivity index (χ3n) is 4.66. The lowest BCUT2D eigenvalue weighted by Crippen LogP contribution is -2.36. The van der Waals surface area contributed by atoms with Gasteiger partial charge in [0, 0.05) is 25.8 Å². The molecule has 0 aromatic heterocycles. The van der Waals surface area contributed by atoms with Crippen LogP contribution in [0.4, 0.5) is 0 Å². The second-order valence-corrected chi connectivity index (χ2v) is 6.88. The summed E-state index contributed by atoms with van der Waals surface area (Å²) in [6, 6.07) is 14.7. The van der Waals surface area contributed by atoms with Crippen molar-refractivity contribution in [2.45, 2.75) is 19.3 Å². The zero-order chi connectivity index (χ0) is 21.5. The number of rotatable bonds is 7. The van der Waals surface area contributed by atoms with E-state index < -0.39 is 5.97 Å². The summed E-state index contributed by atoms with van der Waals surface area (Å²) in [7, 11) is 1.46. The fourth-order valence-electron chi connectivity index (χ4n) is 3.26. The van der Waals surface area contributed by atoms with Gasteiger partial charge in [0.05, 0.1) is 13.3 Å². The van der Waals surface area contributed by atoms with Crippen LogP contribution in [-0.2, 0) is 14.4 Å². The maximum atomic E-state index is 12.2. The van der Waals surface area contributed by atoms with Gasteiger partial charge in [-0.25, -0.2) is 5.43 Å². The van der Waals surface area contributed by atoms with E-state index in [2.05, 4.69) is 10.5 Å². The molecular weight excluding hydrogens is 386 g/mol. The van der Waals surface area contributed by atoms with Crippen molar-refractivity contribution in [3.05, 3.63) is 59.7 Å². The summed E-state index contributed by atoms with van der Waals surface area (Å²) in [6.45, 7) is 1.76. The fraction of sp³-hybridized carbons (Fsp3) is 0.273. The van der Waals surface area contributed by atoms with E-state index in [1.54, 1.807) is 23.1 Å². The van der Waals surface area contributed by atoms with Crippen LogP contribution in [0.1, 0.15) is 30.4 Å². The molecule has 2 amide bonds. The van der Waals surface area contributed by atoms with Crippen LogP contribution in [0.2, 0.25) is 0 Å². The van der Waals surface area contributed by atoms with E-state index >= 15 is 0 Å². The lowest BCUT2D eigenvalue weighted by molar-refractivity contribution is -0.133. The summed E-state index contributed by atoms with van der Waals surface area (Å²) in [5.41, 5.74) is 4.17. The largest absolute Gasteiger partial charge is 0.493 e. The summed E-state index contributed by atoms with van der Waals surface area (Å²) in [5, 5.41) is 3.93. The number of hydrogen-bond acceptors (Lipinski definition) is 6. The highest BCUT2D eigenvalue weighted by molar-refractivity contribution is 5.88. The Labute approximate surface area is 174 Å². The molecule has 156 valence electrons. The van der Waals surface area contributed by atoms with Crippen molar-refractivity contribution in [1.82, 2.24) is 10.3 Å². The summed E-state index contributed by atoms with van der Waals surface area (Å²) < 4.78 is 10.2. The van der Waals surface area contributed by atoms with Crippen molar-refractivity contribution >= 4 is 24.0 Å². The van der Waals surface area contributed by atoms with Crippen molar-refractivity contribution in [1.29, 1.82) is 0 Å². The molecule has 30 heavy (non-hydrogen) atoms. The zero-order valence-corrected chi connectivity index (χ0v) is 16.8. The highest BCUT2D eigenvalue weighted by Gasteiger charge is 2.31. The van der Waals surface area contributed by atoms with E-state index in [0.29, 0.717) is 30.0 Å². The standard InChI is InChI=1S/C22H23N3O5/c1-15(26)30-19-9-8-16(10-20(19)29-2)12-23-24-21(27)14-25-13-18(11-22(25)28)17-6-4-3-5-7-17/h3-10,12,18H,11,13-14H2,1-2H3,(H,24,27)/b23-12-/t18-/m0/s1. The fourth-order valence-corrected chi connectivity index (χ4v) is 3.26. The van der Waals surface area contributed by atoms with Crippen LogP contribution in [0, 0.1) is 0 Å². The van der Waals surface area contributed by atoms with E-state index in [1.165, 1.54) is 20.2 Å². The van der Waals surface area contributed by atoms with E-state index in [0.717, 1.165) is 5.56 Å². The number of benzene rings is 2. The predicted octanol–water partition coefficient (Wildman–Crippen LogP) is 2.09. The molecule has 0 spiro atoms. The third kappa shape index (κ3) is 5.44. The first-order valence-corrected chi connectivity index (χ1v) is 9.47. The maximum absolute atomic E-state index is 12.2. The number of hydrogen-bond donors (Lipinski definition) is 1. The molecule has 2 aromatic carbocycles. The van der Waals surface area contributed by atoms with Crippen molar-refractivity contribution < 1.29 is 23.9 Å². The number of likely N-dealkylation sites (tertiary alicyclic amines) is 1. The maximum Gasteiger partial charge on any atom is 0.308 e. The Morgan fingerprint density at radius 3 is 2.67 bits per heavy atom. The molecule has 1 atom stereocenters. The highest BCUT2D eigenvalue weighted by Crippen LogP contribution is 2.28. The number of amides is 2. The monoisotopic (exact) mass is 409 g/mol. The smallest absolute Gasteiger partial charge is 0.308 e. The van der Waals surface area contributed by atoms with Crippen molar-refractivity contribution in [3.63, 3.8) is 0 Å². The van der Waals surface area contributed by atoms with Gasteiger partial charge < -0.3 is 14.4 Å². The molecule has 1 heterocycles. The molecule has 1 fully saturated rings. The second-order valence-electron chi connectivity index (χ2n) is 6.88. The van der Waals surface area contributed by atoms with Crippen LogP contribution < -0.4 is 14.9 Å². The molecule has 0 unspecified atom stereocenters. The normalized spacial score (nSPS) is 16.0. The van der Waals surface area contributed by atoms with Gasteiger partial charge in [-0.05, 0) is 29.3 Å². The zero-order valence-electron chi connectivity index (χ0n) is 16.8. The molecule has 0 radical (unpaired) electrons. The number of methoxy groups -OCH3 is 1. The first-order chi connectivity index (χ1) is 14.5. The van der Waals surface area contributed by atoms with E-state index in [9.17, 15) is 14.4 Å². The molecule has 3 rings (SSSR count). The van der Waals surface area contributed by atoms with Crippen molar-refractivity contribution in [2.75, 3.05) is 20.2 Å². The average molecular weight is 409 g/mol. The van der Waals surface area contributed by atoms with Gasteiger partial charge in [0.25, 0.3) is 5.91 Å². The highest BCUT2D eigenvalue weighted by atomic mass is 16.6. The molecule has 0 bridgehead atoms. The predicted molar refractivity (Wildman–Crippen MR) is 110 cm³/mol. The quantitative estimate of drug-likeness (QED) is 0.327. The van der Waals surface area contributed by atoms with Crippen LogP contribution in [-0.4, -0.2) is 49.1 Å². The van der Waals surface area contributed by atoms with Gasteiger partial charge in [-0.2, -0.15) is 5.10 Å². The Bertz CT molecular complexity index is 959. The lowest BCUT2D eigenvalue weighted by atomic mass is 9.99. The van der Waals surface area contributed by atoms with Crippen LogP contribution in [0.5, 0.6) is 11.5 Å². The average Bonchev–Trinajstić information content (AvgIpc) is 3.09. The van der Waals surface area contributed by atoms with Crippen LogP contribution >= 0.6 is 0 Å². The van der Waals surface area contributed by atoms with E-state index in [4.69, 9.17) is 9.47 Å². The Morgan fingerprint density at radius 1 is 1.20 bits per heavy atom. The number of hydrazone groups is 1. The lowest BCUT2D eigenvalue weighted by Gasteiger charge is -2.15. The minimum atomic E-state index is -0.451. The van der Waals surface area contributed by atoms with Crippen LogP contribution in [0.25, 0.3) is 0 Å². The van der Waals surface area contributed by atoms with Gasteiger partial charge in [0.2, 0.25) is 5.91 Å². The Hall–Kier alpha value is -3.68. The number of nitrogens with zero attached hydrogens (tertiary/aromatic N) is 2. The molecule has 1 aliphatic heterocycles. The molecule has 8 heteroatoms. The Balaban J connectivity index is 1.54. The minimum absolute atomic E-state index is 0.0474. The van der Waals surface area contributed by atoms with Crippen molar-refractivity contribution in [2.24, 2.45) is 5.10 Å². The first kappa shape index (κ1) is 21.0. The molecular formula is C22H23N3O5.